The van der Waals surface area contributed by atoms with Crippen molar-refractivity contribution < 1.29 is 9.53 Å². The summed E-state index contributed by atoms with van der Waals surface area (Å²) in [6.45, 7) is 8.11. The van der Waals surface area contributed by atoms with Crippen molar-refractivity contribution in [2.45, 2.75) is 20.8 Å². The molecule has 14 heavy (non-hydrogen) atoms. The van der Waals surface area contributed by atoms with Crippen LogP contribution in [0.15, 0.2) is 0 Å². The molecule has 3 N–H and O–H groups in total. The highest BCUT2D eigenvalue weighted by molar-refractivity contribution is 5.77. The van der Waals surface area contributed by atoms with E-state index in [-0.39, 0.29) is 12.5 Å². The highest BCUT2D eigenvalue weighted by Gasteiger charge is 2.08. The second-order valence-corrected chi connectivity index (χ2v) is 3.87. The Kier molecular flexibility index (Phi) is 7.42. The van der Waals surface area contributed by atoms with Gasteiger partial charge in [0.2, 0.25) is 5.91 Å². The van der Waals surface area contributed by atoms with Gasteiger partial charge in [-0.1, -0.05) is 20.8 Å². The molecular weight excluding hydrogens is 180 g/mol. The molecule has 0 aliphatic carbocycles. The second kappa shape index (κ2) is 7.76. The van der Waals surface area contributed by atoms with Crippen molar-refractivity contribution in [2.24, 2.45) is 17.6 Å². The van der Waals surface area contributed by atoms with Crippen LogP contribution in [0, 0.1) is 11.8 Å². The van der Waals surface area contributed by atoms with E-state index in [1.54, 1.807) is 0 Å². The van der Waals surface area contributed by atoms with Crippen LogP contribution in [0.1, 0.15) is 20.8 Å². The first-order valence-electron chi connectivity index (χ1n) is 5.12. The van der Waals surface area contributed by atoms with Crippen molar-refractivity contribution in [3.05, 3.63) is 0 Å². The number of hydrogen-bond acceptors (Lipinski definition) is 3. The zero-order valence-electron chi connectivity index (χ0n) is 9.38. The van der Waals surface area contributed by atoms with Crippen LogP contribution in [0.5, 0.6) is 0 Å². The molecular formula is C10H22N2O2. The number of carbonyl (C=O) groups is 1. The molecule has 0 aromatic heterocycles. The van der Waals surface area contributed by atoms with E-state index in [1.165, 1.54) is 0 Å². The second-order valence-electron chi connectivity index (χ2n) is 3.87. The molecule has 1 unspecified atom stereocenters. The molecule has 0 rings (SSSR count). The maximum absolute atomic E-state index is 11.2. The van der Waals surface area contributed by atoms with Gasteiger partial charge in [-0.3, -0.25) is 4.79 Å². The first kappa shape index (κ1) is 13.4. The Hall–Kier alpha value is -0.610. The number of amides is 1. The molecule has 0 aromatic rings. The Morgan fingerprint density at radius 3 is 2.57 bits per heavy atom. The van der Waals surface area contributed by atoms with Crippen LogP contribution in [-0.4, -0.2) is 32.2 Å². The molecule has 0 bridgehead atoms. The van der Waals surface area contributed by atoms with Gasteiger partial charge < -0.3 is 15.8 Å². The Bertz CT molecular complexity index is 160. The molecule has 0 spiro atoms. The fraction of sp³-hybridized carbons (Fsp3) is 0.900. The van der Waals surface area contributed by atoms with E-state index in [0.29, 0.717) is 31.5 Å². The minimum Gasteiger partial charge on any atom is -0.370 e. The number of nitrogens with two attached hydrogens (primary N) is 1. The monoisotopic (exact) mass is 202 g/mol. The normalized spacial score (nSPS) is 12.9. The number of rotatable bonds is 7. The van der Waals surface area contributed by atoms with Crippen molar-refractivity contribution in [1.29, 1.82) is 0 Å². The van der Waals surface area contributed by atoms with Crippen LogP contribution in [0.4, 0.5) is 0 Å². The van der Waals surface area contributed by atoms with Crippen LogP contribution in [0.25, 0.3) is 0 Å². The first-order chi connectivity index (χ1) is 6.57. The predicted octanol–water partition coefficient (Wildman–Crippen LogP) is 0.370. The quantitative estimate of drug-likeness (QED) is 0.586. The van der Waals surface area contributed by atoms with Crippen molar-refractivity contribution in [1.82, 2.24) is 5.32 Å². The summed E-state index contributed by atoms with van der Waals surface area (Å²) >= 11 is 0. The molecule has 0 aromatic carbocycles. The van der Waals surface area contributed by atoms with Crippen LogP contribution >= 0.6 is 0 Å². The molecule has 1 amide bonds. The molecule has 0 radical (unpaired) electrons. The van der Waals surface area contributed by atoms with Crippen LogP contribution in [0.2, 0.25) is 0 Å². The Labute approximate surface area is 86.2 Å². The number of hydrogen-bond donors (Lipinski definition) is 2. The lowest BCUT2D eigenvalue weighted by atomic mass is 9.98. The van der Waals surface area contributed by atoms with Gasteiger partial charge in [0.1, 0.15) is 6.61 Å². The molecule has 0 saturated heterocycles. The van der Waals surface area contributed by atoms with Gasteiger partial charge in [-0.05, 0) is 11.8 Å². The standard InChI is InChI=1S/C10H22N2O2/c1-8(2)9(3)6-12-10(13)7-14-5-4-11/h8-9H,4-7,11H2,1-3H3,(H,12,13). The third-order valence-corrected chi connectivity index (χ3v) is 2.25. The van der Waals surface area contributed by atoms with E-state index < -0.39 is 0 Å². The third-order valence-electron chi connectivity index (χ3n) is 2.25. The van der Waals surface area contributed by atoms with E-state index in [2.05, 4.69) is 26.1 Å². The zero-order valence-corrected chi connectivity index (χ0v) is 9.38. The van der Waals surface area contributed by atoms with Gasteiger partial charge in [0.05, 0.1) is 6.61 Å². The molecule has 84 valence electrons. The highest BCUT2D eigenvalue weighted by Crippen LogP contribution is 2.07. The molecule has 0 saturated carbocycles. The van der Waals surface area contributed by atoms with E-state index in [9.17, 15) is 4.79 Å². The Morgan fingerprint density at radius 1 is 1.43 bits per heavy atom. The number of ether oxygens (including phenoxy) is 1. The average molecular weight is 202 g/mol. The average Bonchev–Trinajstić information content (AvgIpc) is 2.14. The molecule has 1 atom stereocenters. The minimum atomic E-state index is -0.0639. The van der Waals surface area contributed by atoms with E-state index in [4.69, 9.17) is 10.5 Å². The van der Waals surface area contributed by atoms with Crippen molar-refractivity contribution >= 4 is 5.91 Å². The van der Waals surface area contributed by atoms with Crippen LogP contribution < -0.4 is 11.1 Å². The Balaban J connectivity index is 3.44. The molecule has 0 heterocycles. The first-order valence-corrected chi connectivity index (χ1v) is 5.12. The Morgan fingerprint density at radius 2 is 2.07 bits per heavy atom. The van der Waals surface area contributed by atoms with Gasteiger partial charge in [0.15, 0.2) is 0 Å². The SMILES string of the molecule is CC(C)C(C)CNC(=O)COCCN. The smallest absolute Gasteiger partial charge is 0.246 e. The van der Waals surface area contributed by atoms with Gasteiger partial charge in [0.25, 0.3) is 0 Å². The lowest BCUT2D eigenvalue weighted by Gasteiger charge is -2.15. The summed E-state index contributed by atoms with van der Waals surface area (Å²) in [4.78, 5) is 11.2. The van der Waals surface area contributed by atoms with Gasteiger partial charge in [-0.25, -0.2) is 0 Å². The summed E-state index contributed by atoms with van der Waals surface area (Å²) in [5, 5.41) is 2.82. The van der Waals surface area contributed by atoms with Gasteiger partial charge in [0, 0.05) is 13.1 Å². The summed E-state index contributed by atoms with van der Waals surface area (Å²) in [7, 11) is 0. The molecule has 0 aliphatic heterocycles. The molecule has 4 heteroatoms. The zero-order chi connectivity index (χ0) is 11.0. The number of carbonyl (C=O) groups excluding carboxylic acids is 1. The highest BCUT2D eigenvalue weighted by atomic mass is 16.5. The van der Waals surface area contributed by atoms with E-state index >= 15 is 0 Å². The maximum atomic E-state index is 11.2. The minimum absolute atomic E-state index is 0.0639. The summed E-state index contributed by atoms with van der Waals surface area (Å²) in [6, 6.07) is 0. The molecule has 0 aliphatic rings. The van der Waals surface area contributed by atoms with E-state index in [0.717, 1.165) is 0 Å². The van der Waals surface area contributed by atoms with Crippen molar-refractivity contribution in [3.63, 3.8) is 0 Å². The predicted molar refractivity (Wildman–Crippen MR) is 56.9 cm³/mol. The van der Waals surface area contributed by atoms with Crippen LogP contribution in [-0.2, 0) is 9.53 Å². The summed E-state index contributed by atoms with van der Waals surface area (Å²) in [5.74, 6) is 1.01. The van der Waals surface area contributed by atoms with E-state index in [1.807, 2.05) is 0 Å². The van der Waals surface area contributed by atoms with Crippen LogP contribution in [0.3, 0.4) is 0 Å². The van der Waals surface area contributed by atoms with Crippen molar-refractivity contribution in [2.75, 3.05) is 26.3 Å². The molecule has 4 nitrogen and oxygen atoms in total. The summed E-state index contributed by atoms with van der Waals surface area (Å²) in [5.41, 5.74) is 5.22. The lowest BCUT2D eigenvalue weighted by Crippen LogP contribution is -2.33. The number of nitrogens with one attached hydrogen (secondary N) is 1. The summed E-state index contributed by atoms with van der Waals surface area (Å²) in [6.07, 6.45) is 0. The third kappa shape index (κ3) is 6.86. The largest absolute Gasteiger partial charge is 0.370 e. The molecule has 0 fully saturated rings. The topological polar surface area (TPSA) is 64.3 Å². The fourth-order valence-corrected chi connectivity index (χ4v) is 0.810. The van der Waals surface area contributed by atoms with Gasteiger partial charge in [-0.15, -0.1) is 0 Å². The summed E-state index contributed by atoms with van der Waals surface area (Å²) < 4.78 is 5.00. The maximum Gasteiger partial charge on any atom is 0.246 e. The fourth-order valence-electron chi connectivity index (χ4n) is 0.810. The van der Waals surface area contributed by atoms with Crippen molar-refractivity contribution in [3.8, 4) is 0 Å². The lowest BCUT2D eigenvalue weighted by molar-refractivity contribution is -0.125. The van der Waals surface area contributed by atoms with Gasteiger partial charge >= 0.3 is 0 Å². The van der Waals surface area contributed by atoms with Gasteiger partial charge in [-0.2, -0.15) is 0 Å².